The summed E-state index contributed by atoms with van der Waals surface area (Å²) >= 11 is 3.40. The van der Waals surface area contributed by atoms with Crippen LogP contribution in [-0.2, 0) is 0 Å². The van der Waals surface area contributed by atoms with Crippen LogP contribution >= 0.6 is 15.9 Å². The Bertz CT molecular complexity index is 557. The van der Waals surface area contributed by atoms with E-state index in [0.717, 1.165) is 22.4 Å². The number of nitrogens with zero attached hydrogens (tertiary/aromatic N) is 2. The molecule has 4 nitrogen and oxygen atoms in total. The van der Waals surface area contributed by atoms with Crippen LogP contribution in [0.5, 0.6) is 0 Å². The Hall–Kier alpha value is -1.80. The van der Waals surface area contributed by atoms with Gasteiger partial charge in [-0.05, 0) is 24.6 Å². The summed E-state index contributed by atoms with van der Waals surface area (Å²) in [5, 5.41) is 12.3. The summed E-state index contributed by atoms with van der Waals surface area (Å²) in [6, 6.07) is 7.82. The van der Waals surface area contributed by atoms with Crippen molar-refractivity contribution in [1.29, 1.82) is 5.26 Å². The van der Waals surface area contributed by atoms with Crippen LogP contribution in [0.4, 0.5) is 5.69 Å². The monoisotopic (exact) mass is 304 g/mol. The molecular formula is C13H13BrN4. The molecule has 1 unspecified atom stereocenters. The fourth-order valence-corrected chi connectivity index (χ4v) is 2.26. The van der Waals surface area contributed by atoms with Crippen molar-refractivity contribution in [1.82, 2.24) is 9.97 Å². The third-order valence-electron chi connectivity index (χ3n) is 2.63. The number of aromatic amines is 1. The Labute approximate surface area is 114 Å². The second-order valence-electron chi connectivity index (χ2n) is 3.92. The van der Waals surface area contributed by atoms with E-state index >= 15 is 0 Å². The summed E-state index contributed by atoms with van der Waals surface area (Å²) < 4.78 is 0.887. The van der Waals surface area contributed by atoms with E-state index < -0.39 is 0 Å². The van der Waals surface area contributed by atoms with Crippen molar-refractivity contribution in [3.05, 3.63) is 46.5 Å². The van der Waals surface area contributed by atoms with E-state index in [1.165, 1.54) is 0 Å². The zero-order chi connectivity index (χ0) is 13.0. The highest BCUT2D eigenvalue weighted by atomic mass is 79.9. The number of hydrogen-bond donors (Lipinski definition) is 2. The van der Waals surface area contributed by atoms with Gasteiger partial charge in [0, 0.05) is 22.6 Å². The molecule has 0 bridgehead atoms. The average molecular weight is 305 g/mol. The molecular weight excluding hydrogens is 292 g/mol. The van der Waals surface area contributed by atoms with Crippen molar-refractivity contribution in [2.24, 2.45) is 0 Å². The van der Waals surface area contributed by atoms with E-state index in [1.807, 2.05) is 12.1 Å². The van der Waals surface area contributed by atoms with Gasteiger partial charge in [0.1, 0.15) is 5.82 Å². The Morgan fingerprint density at radius 1 is 1.50 bits per heavy atom. The predicted molar refractivity (Wildman–Crippen MR) is 74.1 cm³/mol. The summed E-state index contributed by atoms with van der Waals surface area (Å²) in [7, 11) is 0. The molecule has 0 amide bonds. The van der Waals surface area contributed by atoms with E-state index in [2.05, 4.69) is 44.2 Å². The lowest BCUT2D eigenvalue weighted by Gasteiger charge is -2.16. The molecule has 0 fully saturated rings. The molecule has 2 aromatic rings. The van der Waals surface area contributed by atoms with Crippen LogP contribution < -0.4 is 5.32 Å². The molecule has 1 aromatic heterocycles. The quantitative estimate of drug-likeness (QED) is 0.907. The maximum absolute atomic E-state index is 8.94. The molecule has 0 saturated heterocycles. The molecule has 0 spiro atoms. The molecule has 2 N–H and O–H groups in total. The minimum absolute atomic E-state index is 0.112. The molecule has 0 aliphatic heterocycles. The standard InChI is InChI=1S/C13H13BrN4/c1-2-12(13-16-3-4-17-13)18-11-6-9(8-15)5-10(14)7-11/h3-7,12,18H,2H2,1H3,(H,16,17). The van der Waals surface area contributed by atoms with Crippen LogP contribution in [0.15, 0.2) is 35.1 Å². The summed E-state index contributed by atoms with van der Waals surface area (Å²) in [5.41, 5.74) is 1.53. The topological polar surface area (TPSA) is 64.5 Å². The van der Waals surface area contributed by atoms with Crippen LogP contribution in [0.25, 0.3) is 0 Å². The van der Waals surface area contributed by atoms with Gasteiger partial charge in [-0.1, -0.05) is 22.9 Å². The maximum Gasteiger partial charge on any atom is 0.128 e. The van der Waals surface area contributed by atoms with Gasteiger partial charge in [0.05, 0.1) is 17.7 Å². The summed E-state index contributed by atoms with van der Waals surface area (Å²) in [4.78, 5) is 7.36. The number of H-pyrrole nitrogens is 1. The lowest BCUT2D eigenvalue weighted by Crippen LogP contribution is -2.11. The molecule has 1 atom stereocenters. The van der Waals surface area contributed by atoms with Crippen LogP contribution in [0.3, 0.4) is 0 Å². The second kappa shape index (κ2) is 5.69. The predicted octanol–water partition coefficient (Wildman–Crippen LogP) is 3.61. The number of anilines is 1. The van der Waals surface area contributed by atoms with Gasteiger partial charge in [-0.2, -0.15) is 5.26 Å². The number of aromatic nitrogens is 2. The van der Waals surface area contributed by atoms with Crippen LogP contribution in [-0.4, -0.2) is 9.97 Å². The van der Waals surface area contributed by atoms with Crippen LogP contribution in [0.2, 0.25) is 0 Å². The Balaban J connectivity index is 2.22. The van der Waals surface area contributed by atoms with Crippen molar-refractivity contribution < 1.29 is 0 Å². The SMILES string of the molecule is CCC(Nc1cc(Br)cc(C#N)c1)c1ncc[nH]1. The minimum Gasteiger partial charge on any atom is -0.375 e. The zero-order valence-electron chi connectivity index (χ0n) is 9.94. The first kappa shape index (κ1) is 12.7. The number of halogens is 1. The smallest absolute Gasteiger partial charge is 0.128 e. The molecule has 0 saturated carbocycles. The molecule has 0 aliphatic rings. The van der Waals surface area contributed by atoms with Crippen molar-refractivity contribution in [2.75, 3.05) is 5.32 Å². The first-order valence-electron chi connectivity index (χ1n) is 5.69. The number of nitriles is 1. The van der Waals surface area contributed by atoms with Crippen LogP contribution in [0.1, 0.15) is 30.8 Å². The van der Waals surface area contributed by atoms with Crippen molar-refractivity contribution >= 4 is 21.6 Å². The number of benzene rings is 1. The molecule has 92 valence electrons. The molecule has 2 rings (SSSR count). The van der Waals surface area contributed by atoms with Gasteiger partial charge in [-0.25, -0.2) is 4.98 Å². The van der Waals surface area contributed by atoms with Gasteiger partial charge in [-0.15, -0.1) is 0 Å². The summed E-state index contributed by atoms with van der Waals surface area (Å²) in [6.45, 7) is 2.09. The number of hydrogen-bond acceptors (Lipinski definition) is 3. The second-order valence-corrected chi connectivity index (χ2v) is 4.84. The highest BCUT2D eigenvalue weighted by Crippen LogP contribution is 2.24. The molecule has 0 aliphatic carbocycles. The molecule has 5 heteroatoms. The summed E-state index contributed by atoms with van der Waals surface area (Å²) in [5.74, 6) is 0.899. The number of rotatable bonds is 4. The normalized spacial score (nSPS) is 11.8. The van der Waals surface area contributed by atoms with Gasteiger partial charge in [0.2, 0.25) is 0 Å². The number of imidazole rings is 1. The zero-order valence-corrected chi connectivity index (χ0v) is 11.5. The number of nitrogens with one attached hydrogen (secondary N) is 2. The van der Waals surface area contributed by atoms with Crippen molar-refractivity contribution in [3.8, 4) is 6.07 Å². The molecule has 1 aromatic carbocycles. The Morgan fingerprint density at radius 2 is 2.33 bits per heavy atom. The van der Waals surface area contributed by atoms with Gasteiger partial charge in [0.15, 0.2) is 0 Å². The van der Waals surface area contributed by atoms with E-state index in [4.69, 9.17) is 5.26 Å². The van der Waals surface area contributed by atoms with Crippen LogP contribution in [0, 0.1) is 11.3 Å². The lowest BCUT2D eigenvalue weighted by atomic mass is 10.1. The van der Waals surface area contributed by atoms with Gasteiger partial charge in [0.25, 0.3) is 0 Å². The lowest BCUT2D eigenvalue weighted by molar-refractivity contribution is 0.704. The fourth-order valence-electron chi connectivity index (χ4n) is 1.77. The molecule has 1 heterocycles. The van der Waals surface area contributed by atoms with Crippen molar-refractivity contribution in [3.63, 3.8) is 0 Å². The van der Waals surface area contributed by atoms with E-state index in [0.29, 0.717) is 5.56 Å². The molecule has 18 heavy (non-hydrogen) atoms. The van der Waals surface area contributed by atoms with Gasteiger partial charge in [-0.3, -0.25) is 0 Å². The van der Waals surface area contributed by atoms with E-state index in [9.17, 15) is 0 Å². The summed E-state index contributed by atoms with van der Waals surface area (Å²) in [6.07, 6.45) is 4.45. The third kappa shape index (κ3) is 2.90. The average Bonchev–Trinajstić information content (AvgIpc) is 2.89. The highest BCUT2D eigenvalue weighted by Gasteiger charge is 2.11. The largest absolute Gasteiger partial charge is 0.375 e. The first-order valence-corrected chi connectivity index (χ1v) is 6.48. The Kier molecular flexibility index (Phi) is 4.00. The van der Waals surface area contributed by atoms with Gasteiger partial charge >= 0.3 is 0 Å². The Morgan fingerprint density at radius 3 is 2.94 bits per heavy atom. The van der Waals surface area contributed by atoms with Crippen molar-refractivity contribution in [2.45, 2.75) is 19.4 Å². The van der Waals surface area contributed by atoms with Gasteiger partial charge < -0.3 is 10.3 Å². The third-order valence-corrected chi connectivity index (χ3v) is 3.08. The highest BCUT2D eigenvalue weighted by molar-refractivity contribution is 9.10. The first-order chi connectivity index (χ1) is 8.72. The maximum atomic E-state index is 8.94. The molecule has 0 radical (unpaired) electrons. The fraction of sp³-hybridized carbons (Fsp3) is 0.231. The minimum atomic E-state index is 0.112. The van der Waals surface area contributed by atoms with E-state index in [-0.39, 0.29) is 6.04 Å². The van der Waals surface area contributed by atoms with E-state index in [1.54, 1.807) is 18.5 Å².